The Labute approximate surface area is 171 Å². The first-order valence-corrected chi connectivity index (χ1v) is 10.5. The second-order valence-corrected chi connectivity index (χ2v) is 7.93. The lowest BCUT2D eigenvalue weighted by atomic mass is 9.93. The van der Waals surface area contributed by atoms with Crippen molar-refractivity contribution in [3.05, 3.63) is 84.2 Å². The van der Waals surface area contributed by atoms with Crippen LogP contribution in [0.25, 0.3) is 22.2 Å². The number of piperidine rings is 1. The van der Waals surface area contributed by atoms with Gasteiger partial charge >= 0.3 is 0 Å². The average molecular weight is 383 g/mol. The molecule has 2 aromatic carbocycles. The van der Waals surface area contributed by atoms with E-state index in [1.165, 1.54) is 34.9 Å². The Morgan fingerprint density at radius 2 is 1.72 bits per heavy atom. The number of pyridine rings is 1. The van der Waals surface area contributed by atoms with Crippen molar-refractivity contribution in [3.8, 4) is 11.4 Å². The summed E-state index contributed by atoms with van der Waals surface area (Å²) in [6.07, 6.45) is 5.29. The summed E-state index contributed by atoms with van der Waals surface area (Å²) in [5, 5.41) is 10.5. The Balaban J connectivity index is 1.18. The molecule has 1 saturated heterocycles. The summed E-state index contributed by atoms with van der Waals surface area (Å²) in [5.41, 5.74) is 4.58. The maximum atomic E-state index is 4.48. The van der Waals surface area contributed by atoms with Crippen molar-refractivity contribution < 1.29 is 0 Å². The molecular formula is C25H26N4. The van der Waals surface area contributed by atoms with Crippen LogP contribution in [0.15, 0.2) is 72.9 Å². The molecule has 5 rings (SSSR count). The van der Waals surface area contributed by atoms with E-state index < -0.39 is 0 Å². The van der Waals surface area contributed by atoms with E-state index in [1.54, 1.807) is 0 Å². The number of nitrogens with one attached hydrogen (secondary N) is 1. The molecule has 4 aromatic rings. The summed E-state index contributed by atoms with van der Waals surface area (Å²) in [7, 11) is 0. The number of aromatic amines is 1. The lowest BCUT2D eigenvalue weighted by molar-refractivity contribution is 0.213. The Morgan fingerprint density at radius 1 is 0.897 bits per heavy atom. The number of aromatic nitrogens is 3. The van der Waals surface area contributed by atoms with Crippen molar-refractivity contribution in [2.75, 3.05) is 19.6 Å². The fourth-order valence-corrected chi connectivity index (χ4v) is 4.45. The molecule has 0 radical (unpaired) electrons. The van der Waals surface area contributed by atoms with Crippen LogP contribution in [-0.4, -0.2) is 39.7 Å². The van der Waals surface area contributed by atoms with E-state index in [1.807, 2.05) is 24.4 Å². The summed E-state index contributed by atoms with van der Waals surface area (Å²) >= 11 is 0. The zero-order chi connectivity index (χ0) is 19.5. The van der Waals surface area contributed by atoms with Gasteiger partial charge in [-0.15, -0.1) is 0 Å². The van der Waals surface area contributed by atoms with Gasteiger partial charge in [-0.1, -0.05) is 48.5 Å². The fourth-order valence-electron chi connectivity index (χ4n) is 4.45. The number of nitrogens with zero attached hydrogens (tertiary/aromatic N) is 3. The van der Waals surface area contributed by atoms with Crippen molar-refractivity contribution in [1.29, 1.82) is 0 Å². The first-order chi connectivity index (χ1) is 14.4. The van der Waals surface area contributed by atoms with Crippen LogP contribution in [0, 0.1) is 0 Å². The maximum Gasteiger partial charge on any atom is 0.111 e. The largest absolute Gasteiger partial charge is 0.303 e. The first kappa shape index (κ1) is 18.1. The Morgan fingerprint density at radius 3 is 2.59 bits per heavy atom. The lowest BCUT2D eigenvalue weighted by Crippen LogP contribution is -2.34. The molecule has 4 nitrogen and oxygen atoms in total. The predicted molar refractivity (Wildman–Crippen MR) is 118 cm³/mol. The third kappa shape index (κ3) is 3.94. The van der Waals surface area contributed by atoms with E-state index in [2.05, 4.69) is 68.6 Å². The molecule has 0 atom stereocenters. The van der Waals surface area contributed by atoms with Crippen LogP contribution in [0.1, 0.15) is 30.0 Å². The summed E-state index contributed by atoms with van der Waals surface area (Å²) in [5.74, 6) is 0.564. The SMILES string of the molecule is c1ccc(-c2cc(C3CCN(CCc4cccc5ccccc45)CC3)[nH]n2)nc1. The molecular weight excluding hydrogens is 356 g/mol. The first-order valence-electron chi connectivity index (χ1n) is 10.5. The molecule has 3 heterocycles. The van der Waals surface area contributed by atoms with E-state index in [-0.39, 0.29) is 0 Å². The van der Waals surface area contributed by atoms with Gasteiger partial charge in [-0.3, -0.25) is 10.1 Å². The standard InChI is InChI=1S/C25H26N4/c1-2-9-22-19(6-1)7-5-8-20(22)11-15-29-16-12-21(13-17-29)24-18-25(28-27-24)23-10-3-4-14-26-23/h1-10,14,18,21H,11-13,15-17H2,(H,27,28). The third-order valence-electron chi connectivity index (χ3n) is 6.13. The molecule has 1 aliphatic rings. The van der Waals surface area contributed by atoms with E-state index in [0.29, 0.717) is 5.92 Å². The fraction of sp³-hybridized carbons (Fsp3) is 0.280. The number of hydrogen-bond donors (Lipinski definition) is 1. The van der Waals surface area contributed by atoms with Crippen LogP contribution in [0.3, 0.4) is 0 Å². The highest BCUT2D eigenvalue weighted by atomic mass is 15.1. The van der Waals surface area contributed by atoms with Gasteiger partial charge in [0.25, 0.3) is 0 Å². The van der Waals surface area contributed by atoms with Gasteiger partial charge in [-0.2, -0.15) is 5.10 Å². The Kier molecular flexibility index (Phi) is 5.10. The topological polar surface area (TPSA) is 44.8 Å². The molecule has 1 aliphatic heterocycles. The van der Waals surface area contributed by atoms with Crippen LogP contribution in [0.5, 0.6) is 0 Å². The third-order valence-corrected chi connectivity index (χ3v) is 6.13. The number of likely N-dealkylation sites (tertiary alicyclic amines) is 1. The number of H-pyrrole nitrogens is 1. The monoisotopic (exact) mass is 382 g/mol. The molecule has 0 unspecified atom stereocenters. The van der Waals surface area contributed by atoms with Gasteiger partial charge in [0.15, 0.2) is 0 Å². The molecule has 1 N–H and O–H groups in total. The predicted octanol–water partition coefficient (Wildman–Crippen LogP) is 5.05. The van der Waals surface area contributed by atoms with Crippen molar-refractivity contribution in [2.24, 2.45) is 0 Å². The average Bonchev–Trinajstić information content (AvgIpc) is 3.29. The van der Waals surface area contributed by atoms with Crippen molar-refractivity contribution in [2.45, 2.75) is 25.2 Å². The van der Waals surface area contributed by atoms with Gasteiger partial charge in [0.05, 0.1) is 5.69 Å². The van der Waals surface area contributed by atoms with Crippen molar-refractivity contribution in [3.63, 3.8) is 0 Å². The second kappa shape index (κ2) is 8.18. The number of hydrogen-bond acceptors (Lipinski definition) is 3. The van der Waals surface area contributed by atoms with Gasteiger partial charge in [0.1, 0.15) is 5.69 Å². The van der Waals surface area contributed by atoms with Crippen LogP contribution in [0.2, 0.25) is 0 Å². The van der Waals surface area contributed by atoms with Gasteiger partial charge in [0, 0.05) is 24.4 Å². The van der Waals surface area contributed by atoms with E-state index in [0.717, 1.165) is 37.4 Å². The molecule has 0 bridgehead atoms. The molecule has 2 aromatic heterocycles. The van der Waals surface area contributed by atoms with Gasteiger partial charge in [-0.25, -0.2) is 0 Å². The molecule has 4 heteroatoms. The minimum Gasteiger partial charge on any atom is -0.303 e. The summed E-state index contributed by atoms with van der Waals surface area (Å²) < 4.78 is 0. The van der Waals surface area contributed by atoms with Crippen molar-refractivity contribution in [1.82, 2.24) is 20.1 Å². The summed E-state index contributed by atoms with van der Waals surface area (Å²) in [6.45, 7) is 3.42. The molecule has 0 aliphatic carbocycles. The van der Waals surface area contributed by atoms with E-state index >= 15 is 0 Å². The molecule has 29 heavy (non-hydrogen) atoms. The Hall–Kier alpha value is -2.98. The quantitative estimate of drug-likeness (QED) is 0.525. The van der Waals surface area contributed by atoms with Crippen LogP contribution < -0.4 is 0 Å². The van der Waals surface area contributed by atoms with Gasteiger partial charge in [-0.05, 0) is 66.9 Å². The normalized spacial score (nSPS) is 15.7. The molecule has 0 saturated carbocycles. The highest BCUT2D eigenvalue weighted by Gasteiger charge is 2.22. The molecule has 1 fully saturated rings. The van der Waals surface area contributed by atoms with Gasteiger partial charge < -0.3 is 4.90 Å². The van der Waals surface area contributed by atoms with Crippen LogP contribution in [0.4, 0.5) is 0 Å². The van der Waals surface area contributed by atoms with E-state index in [4.69, 9.17) is 0 Å². The van der Waals surface area contributed by atoms with Crippen LogP contribution in [-0.2, 0) is 6.42 Å². The highest BCUT2D eigenvalue weighted by Crippen LogP contribution is 2.29. The molecule has 146 valence electrons. The lowest BCUT2D eigenvalue weighted by Gasteiger charge is -2.31. The van der Waals surface area contributed by atoms with Gasteiger partial charge in [0.2, 0.25) is 0 Å². The zero-order valence-electron chi connectivity index (χ0n) is 16.6. The minimum atomic E-state index is 0.564. The molecule has 0 amide bonds. The van der Waals surface area contributed by atoms with Crippen molar-refractivity contribution >= 4 is 10.8 Å². The second-order valence-electron chi connectivity index (χ2n) is 7.93. The van der Waals surface area contributed by atoms with E-state index in [9.17, 15) is 0 Å². The van der Waals surface area contributed by atoms with Crippen LogP contribution >= 0.6 is 0 Å². The maximum absolute atomic E-state index is 4.48. The minimum absolute atomic E-state index is 0.564. The number of benzene rings is 2. The number of rotatable bonds is 5. The number of fused-ring (bicyclic) bond motifs is 1. The Bertz CT molecular complexity index is 1070. The summed E-state index contributed by atoms with van der Waals surface area (Å²) in [6, 6.07) is 23.5. The molecule has 0 spiro atoms. The summed E-state index contributed by atoms with van der Waals surface area (Å²) in [4.78, 5) is 7.01. The zero-order valence-corrected chi connectivity index (χ0v) is 16.6. The highest BCUT2D eigenvalue weighted by molar-refractivity contribution is 5.85. The smallest absolute Gasteiger partial charge is 0.111 e.